The minimum Gasteiger partial charge on any atom is -0.383 e. The van der Waals surface area contributed by atoms with Crippen LogP contribution in [0.25, 0.3) is 11.1 Å². The van der Waals surface area contributed by atoms with Gasteiger partial charge in [-0.15, -0.1) is 0 Å². The number of halogens is 2. The zero-order chi connectivity index (χ0) is 13.3. The minimum absolute atomic E-state index is 0.297. The molecule has 2 rings (SSSR count). The smallest absolute Gasteiger partial charge is 0.134 e. The number of nitrogens with two attached hydrogens (primary N) is 1. The van der Waals surface area contributed by atoms with Crippen LogP contribution in [-0.4, -0.2) is 9.78 Å². The minimum atomic E-state index is -0.618. The van der Waals surface area contributed by atoms with Crippen LogP contribution in [0.5, 0.6) is 0 Å². The average molecular weight is 251 g/mol. The number of anilines is 1. The second kappa shape index (κ2) is 4.76. The number of aromatic nitrogens is 2. The van der Waals surface area contributed by atoms with Gasteiger partial charge in [0.25, 0.3) is 0 Å². The molecule has 5 heteroatoms. The number of benzene rings is 1. The monoisotopic (exact) mass is 251 g/mol. The Hall–Kier alpha value is -1.91. The lowest BCUT2D eigenvalue weighted by Gasteiger charge is -2.05. The third-order valence-electron chi connectivity index (χ3n) is 2.85. The molecule has 1 aromatic heterocycles. The van der Waals surface area contributed by atoms with Crippen molar-refractivity contribution in [3.63, 3.8) is 0 Å². The van der Waals surface area contributed by atoms with Crippen molar-refractivity contribution in [2.75, 3.05) is 5.73 Å². The molecular formula is C13H15F2N3. The van der Waals surface area contributed by atoms with Crippen molar-refractivity contribution in [1.29, 1.82) is 0 Å². The van der Waals surface area contributed by atoms with Crippen molar-refractivity contribution < 1.29 is 8.78 Å². The summed E-state index contributed by atoms with van der Waals surface area (Å²) in [6, 6.07) is 3.48. The molecule has 0 radical (unpaired) electrons. The highest BCUT2D eigenvalue weighted by Gasteiger charge is 2.18. The molecule has 0 atom stereocenters. The molecule has 0 fully saturated rings. The first-order valence-electron chi connectivity index (χ1n) is 5.81. The first-order chi connectivity index (χ1) is 8.54. The third kappa shape index (κ3) is 2.08. The Labute approximate surface area is 104 Å². The van der Waals surface area contributed by atoms with E-state index in [-0.39, 0.29) is 0 Å². The number of nitrogens with zero attached hydrogens (tertiary/aromatic N) is 2. The number of rotatable bonds is 3. The third-order valence-corrected chi connectivity index (χ3v) is 2.85. The van der Waals surface area contributed by atoms with Crippen molar-refractivity contribution in [3.8, 4) is 11.1 Å². The predicted octanol–water partition coefficient (Wildman–Crippen LogP) is 2.90. The normalized spacial score (nSPS) is 10.9. The zero-order valence-electron chi connectivity index (χ0n) is 10.4. The fraction of sp³-hybridized carbons (Fsp3) is 0.308. The summed E-state index contributed by atoms with van der Waals surface area (Å²) in [6.07, 6.45) is 1.59. The van der Waals surface area contributed by atoms with Crippen LogP contribution in [0, 0.1) is 11.6 Å². The number of hydrogen-bond acceptors (Lipinski definition) is 2. The lowest BCUT2D eigenvalue weighted by Crippen LogP contribution is -1.98. The van der Waals surface area contributed by atoms with Gasteiger partial charge in [-0.25, -0.2) is 8.78 Å². The highest BCUT2D eigenvalue weighted by atomic mass is 19.1. The maximum Gasteiger partial charge on any atom is 0.134 e. The molecule has 18 heavy (non-hydrogen) atoms. The second-order valence-corrected chi connectivity index (χ2v) is 4.20. The topological polar surface area (TPSA) is 43.8 Å². The van der Waals surface area contributed by atoms with Gasteiger partial charge in [-0.05, 0) is 18.6 Å². The Bertz CT molecular complexity index is 576. The second-order valence-electron chi connectivity index (χ2n) is 4.20. The molecule has 0 unspecified atom stereocenters. The SMILES string of the molecule is CCCc1nn(C)c(N)c1-c1ccc(F)cc1F. The molecular weight excluding hydrogens is 236 g/mol. The first-order valence-corrected chi connectivity index (χ1v) is 5.81. The molecule has 2 N–H and O–H groups in total. The lowest BCUT2D eigenvalue weighted by molar-refractivity contribution is 0.585. The standard InChI is InChI=1S/C13H15F2N3/c1-3-4-11-12(13(16)18(2)17-11)9-6-5-8(14)7-10(9)15/h5-7H,3-4,16H2,1-2H3. The molecule has 3 nitrogen and oxygen atoms in total. The summed E-state index contributed by atoms with van der Waals surface area (Å²) in [4.78, 5) is 0. The Morgan fingerprint density at radius 2 is 2.06 bits per heavy atom. The number of hydrogen-bond donors (Lipinski definition) is 1. The van der Waals surface area contributed by atoms with Crippen LogP contribution in [0.4, 0.5) is 14.6 Å². The van der Waals surface area contributed by atoms with Gasteiger partial charge in [0, 0.05) is 24.2 Å². The van der Waals surface area contributed by atoms with Gasteiger partial charge >= 0.3 is 0 Å². The van der Waals surface area contributed by atoms with E-state index in [1.54, 1.807) is 7.05 Å². The summed E-state index contributed by atoms with van der Waals surface area (Å²) in [5, 5.41) is 4.27. The van der Waals surface area contributed by atoms with Crippen LogP contribution in [0.3, 0.4) is 0 Å². The van der Waals surface area contributed by atoms with E-state index in [2.05, 4.69) is 5.10 Å². The van der Waals surface area contributed by atoms with Crippen molar-refractivity contribution in [1.82, 2.24) is 9.78 Å². The first kappa shape index (κ1) is 12.5. The molecule has 0 spiro atoms. The van der Waals surface area contributed by atoms with Gasteiger partial charge in [-0.1, -0.05) is 13.3 Å². The van der Waals surface area contributed by atoms with E-state index in [0.717, 1.165) is 18.2 Å². The van der Waals surface area contributed by atoms with Gasteiger partial charge in [0.1, 0.15) is 17.5 Å². The van der Waals surface area contributed by atoms with Crippen molar-refractivity contribution >= 4 is 5.82 Å². The molecule has 0 saturated carbocycles. The van der Waals surface area contributed by atoms with E-state index < -0.39 is 11.6 Å². The van der Waals surface area contributed by atoms with Gasteiger partial charge < -0.3 is 5.73 Å². The van der Waals surface area contributed by atoms with Crippen LogP contribution in [0.2, 0.25) is 0 Å². The Morgan fingerprint density at radius 1 is 1.33 bits per heavy atom. The molecule has 1 aromatic carbocycles. The molecule has 0 aliphatic heterocycles. The van der Waals surface area contributed by atoms with Crippen LogP contribution in [-0.2, 0) is 13.5 Å². The van der Waals surface area contributed by atoms with E-state index in [4.69, 9.17) is 5.73 Å². The molecule has 0 amide bonds. The molecule has 96 valence electrons. The van der Waals surface area contributed by atoms with Crippen LogP contribution in [0.1, 0.15) is 19.0 Å². The van der Waals surface area contributed by atoms with Crippen LogP contribution < -0.4 is 5.73 Å². The molecule has 1 heterocycles. The predicted molar refractivity (Wildman–Crippen MR) is 67.0 cm³/mol. The van der Waals surface area contributed by atoms with Gasteiger partial charge in [0.15, 0.2) is 0 Å². The lowest BCUT2D eigenvalue weighted by atomic mass is 10.0. The molecule has 0 saturated heterocycles. The molecule has 0 aliphatic rings. The molecule has 2 aromatic rings. The highest BCUT2D eigenvalue weighted by molar-refractivity contribution is 5.77. The number of aryl methyl sites for hydroxylation is 2. The van der Waals surface area contributed by atoms with Crippen molar-refractivity contribution in [2.45, 2.75) is 19.8 Å². The van der Waals surface area contributed by atoms with E-state index in [1.807, 2.05) is 6.92 Å². The Balaban J connectivity index is 2.62. The Kier molecular flexibility index (Phi) is 3.32. The van der Waals surface area contributed by atoms with Crippen LogP contribution >= 0.6 is 0 Å². The summed E-state index contributed by atoms with van der Waals surface area (Å²) >= 11 is 0. The zero-order valence-corrected chi connectivity index (χ0v) is 10.4. The summed E-state index contributed by atoms with van der Waals surface area (Å²) in [5.41, 5.74) is 7.51. The van der Waals surface area contributed by atoms with Crippen molar-refractivity contribution in [3.05, 3.63) is 35.5 Å². The van der Waals surface area contributed by atoms with Gasteiger partial charge in [0.2, 0.25) is 0 Å². The fourth-order valence-electron chi connectivity index (χ4n) is 1.99. The number of nitrogen functional groups attached to an aromatic ring is 1. The van der Waals surface area contributed by atoms with E-state index in [9.17, 15) is 8.78 Å². The quantitative estimate of drug-likeness (QED) is 0.911. The van der Waals surface area contributed by atoms with Crippen LogP contribution in [0.15, 0.2) is 18.2 Å². The molecule has 0 aliphatic carbocycles. The van der Waals surface area contributed by atoms with Gasteiger partial charge in [0.05, 0.1) is 5.69 Å². The van der Waals surface area contributed by atoms with E-state index in [1.165, 1.54) is 16.8 Å². The maximum atomic E-state index is 13.8. The van der Waals surface area contributed by atoms with Crippen molar-refractivity contribution in [2.24, 2.45) is 7.05 Å². The van der Waals surface area contributed by atoms with Gasteiger partial charge in [-0.2, -0.15) is 5.10 Å². The Morgan fingerprint density at radius 3 is 2.67 bits per heavy atom. The van der Waals surface area contributed by atoms with E-state index in [0.29, 0.717) is 23.4 Å². The molecule has 0 bridgehead atoms. The van der Waals surface area contributed by atoms with E-state index >= 15 is 0 Å². The highest BCUT2D eigenvalue weighted by Crippen LogP contribution is 2.32. The summed E-state index contributed by atoms with van der Waals surface area (Å²) < 4.78 is 28.3. The summed E-state index contributed by atoms with van der Waals surface area (Å²) in [7, 11) is 1.71. The van der Waals surface area contributed by atoms with Gasteiger partial charge in [-0.3, -0.25) is 4.68 Å². The largest absolute Gasteiger partial charge is 0.383 e. The average Bonchev–Trinajstić information content (AvgIpc) is 2.57. The summed E-state index contributed by atoms with van der Waals surface area (Å²) in [6.45, 7) is 2.01. The maximum absolute atomic E-state index is 13.8. The fourth-order valence-corrected chi connectivity index (χ4v) is 1.99. The summed E-state index contributed by atoms with van der Waals surface area (Å²) in [5.74, 6) is -0.827.